The van der Waals surface area contributed by atoms with Gasteiger partial charge in [0.05, 0.1) is 12.7 Å². The van der Waals surface area contributed by atoms with E-state index in [4.69, 9.17) is 4.74 Å². The van der Waals surface area contributed by atoms with Crippen molar-refractivity contribution in [3.05, 3.63) is 65.7 Å². The fraction of sp³-hybridized carbons (Fsp3) is 0.318. The minimum Gasteiger partial charge on any atom is -0.497 e. The number of methoxy groups -OCH3 is 1. The maximum atomic E-state index is 13.2. The summed E-state index contributed by atoms with van der Waals surface area (Å²) in [5.41, 5.74) is 3.76. The van der Waals surface area contributed by atoms with Crippen LogP contribution in [0.2, 0.25) is 0 Å². The van der Waals surface area contributed by atoms with Crippen LogP contribution in [0.25, 0.3) is 5.69 Å². The standard InChI is InChI=1S/C22H25N5O2/c1-16-15-20(17(2)27(16)18-5-7-19(29-3)8-6-18)21(28)25-11-13-26(14-12-25)22-23-9-4-10-24-22/h4-10,15H,11-14H2,1-3H3. The molecule has 7 nitrogen and oxygen atoms in total. The van der Waals surface area contributed by atoms with Crippen molar-refractivity contribution in [2.45, 2.75) is 13.8 Å². The van der Waals surface area contributed by atoms with E-state index in [-0.39, 0.29) is 5.91 Å². The van der Waals surface area contributed by atoms with Gasteiger partial charge in [0, 0.05) is 55.6 Å². The molecule has 3 aromatic rings. The molecule has 150 valence electrons. The minimum atomic E-state index is 0.0755. The highest BCUT2D eigenvalue weighted by atomic mass is 16.5. The van der Waals surface area contributed by atoms with E-state index in [0.29, 0.717) is 13.1 Å². The largest absolute Gasteiger partial charge is 0.497 e. The summed E-state index contributed by atoms with van der Waals surface area (Å²) < 4.78 is 7.36. The molecule has 1 amide bonds. The van der Waals surface area contributed by atoms with Gasteiger partial charge in [-0.1, -0.05) is 0 Å². The van der Waals surface area contributed by atoms with Crippen LogP contribution in [0.1, 0.15) is 21.7 Å². The molecule has 0 saturated carbocycles. The molecule has 0 spiro atoms. The zero-order valence-electron chi connectivity index (χ0n) is 17.0. The Hall–Kier alpha value is -3.35. The third-order valence-electron chi connectivity index (χ3n) is 5.39. The normalized spacial score (nSPS) is 14.2. The summed E-state index contributed by atoms with van der Waals surface area (Å²) in [6.07, 6.45) is 3.49. The van der Waals surface area contributed by atoms with Crippen molar-refractivity contribution < 1.29 is 9.53 Å². The van der Waals surface area contributed by atoms with Gasteiger partial charge in [0.1, 0.15) is 5.75 Å². The fourth-order valence-corrected chi connectivity index (χ4v) is 3.84. The van der Waals surface area contributed by atoms with Crippen molar-refractivity contribution in [1.29, 1.82) is 0 Å². The molecule has 1 saturated heterocycles. The second-order valence-electron chi connectivity index (χ2n) is 7.15. The maximum absolute atomic E-state index is 13.2. The number of amides is 1. The molecule has 1 aliphatic heterocycles. The number of piperazine rings is 1. The zero-order chi connectivity index (χ0) is 20.4. The first kappa shape index (κ1) is 19.0. The average molecular weight is 391 g/mol. The third kappa shape index (κ3) is 3.68. The Labute approximate surface area is 170 Å². The van der Waals surface area contributed by atoms with Crippen molar-refractivity contribution in [3.63, 3.8) is 0 Å². The molecule has 0 radical (unpaired) electrons. The summed E-state index contributed by atoms with van der Waals surface area (Å²) in [5.74, 6) is 1.61. The molecule has 0 N–H and O–H groups in total. The Morgan fingerprint density at radius 3 is 2.28 bits per heavy atom. The number of carbonyl (C=O) groups excluding carboxylic acids is 1. The highest BCUT2D eigenvalue weighted by molar-refractivity contribution is 5.96. The van der Waals surface area contributed by atoms with Gasteiger partial charge in [-0.05, 0) is 50.2 Å². The summed E-state index contributed by atoms with van der Waals surface area (Å²) in [5, 5.41) is 0. The molecule has 0 unspecified atom stereocenters. The number of ether oxygens (including phenoxy) is 1. The number of aryl methyl sites for hydroxylation is 1. The Morgan fingerprint density at radius 2 is 1.66 bits per heavy atom. The second-order valence-corrected chi connectivity index (χ2v) is 7.15. The zero-order valence-corrected chi connectivity index (χ0v) is 17.0. The lowest BCUT2D eigenvalue weighted by Gasteiger charge is -2.34. The number of nitrogens with zero attached hydrogens (tertiary/aromatic N) is 5. The summed E-state index contributed by atoms with van der Waals surface area (Å²) in [4.78, 5) is 25.8. The van der Waals surface area contributed by atoms with Crippen LogP contribution in [0.4, 0.5) is 5.95 Å². The van der Waals surface area contributed by atoms with E-state index in [2.05, 4.69) is 19.4 Å². The van der Waals surface area contributed by atoms with Gasteiger partial charge in [-0.3, -0.25) is 4.79 Å². The number of benzene rings is 1. The maximum Gasteiger partial charge on any atom is 0.255 e. The first-order valence-corrected chi connectivity index (χ1v) is 9.73. The molecule has 1 aliphatic rings. The summed E-state index contributed by atoms with van der Waals surface area (Å²) in [6, 6.07) is 11.7. The first-order chi connectivity index (χ1) is 14.1. The summed E-state index contributed by atoms with van der Waals surface area (Å²) in [6.45, 7) is 6.80. The predicted octanol–water partition coefficient (Wildman–Crippen LogP) is 2.86. The average Bonchev–Trinajstić information content (AvgIpc) is 3.08. The van der Waals surface area contributed by atoms with Gasteiger partial charge in [0.25, 0.3) is 5.91 Å². The fourth-order valence-electron chi connectivity index (χ4n) is 3.84. The van der Waals surface area contributed by atoms with Crippen molar-refractivity contribution >= 4 is 11.9 Å². The molecule has 3 heterocycles. The van der Waals surface area contributed by atoms with E-state index >= 15 is 0 Å². The molecule has 1 fully saturated rings. The van der Waals surface area contributed by atoms with Gasteiger partial charge in [-0.15, -0.1) is 0 Å². The Balaban J connectivity index is 1.51. The molecule has 2 aromatic heterocycles. The minimum absolute atomic E-state index is 0.0755. The van der Waals surface area contributed by atoms with Crippen LogP contribution in [-0.2, 0) is 0 Å². The van der Waals surface area contributed by atoms with E-state index in [9.17, 15) is 4.79 Å². The van der Waals surface area contributed by atoms with Crippen molar-refractivity contribution in [2.24, 2.45) is 0 Å². The van der Waals surface area contributed by atoms with E-state index in [1.54, 1.807) is 19.5 Å². The Kier molecular flexibility index (Phi) is 5.20. The molecular formula is C22H25N5O2. The number of carbonyl (C=O) groups is 1. The van der Waals surface area contributed by atoms with Gasteiger partial charge >= 0.3 is 0 Å². The molecule has 0 aliphatic carbocycles. The lowest BCUT2D eigenvalue weighted by atomic mass is 10.2. The number of aromatic nitrogens is 3. The lowest BCUT2D eigenvalue weighted by molar-refractivity contribution is 0.0745. The van der Waals surface area contributed by atoms with E-state index in [1.807, 2.05) is 55.1 Å². The number of rotatable bonds is 4. The number of hydrogen-bond acceptors (Lipinski definition) is 5. The molecule has 0 atom stereocenters. The first-order valence-electron chi connectivity index (χ1n) is 9.73. The summed E-state index contributed by atoms with van der Waals surface area (Å²) in [7, 11) is 1.65. The monoisotopic (exact) mass is 391 g/mol. The quantitative estimate of drug-likeness (QED) is 0.684. The van der Waals surface area contributed by atoms with Gasteiger partial charge in [0.15, 0.2) is 0 Å². The third-order valence-corrected chi connectivity index (χ3v) is 5.39. The van der Waals surface area contributed by atoms with E-state index < -0.39 is 0 Å². The summed E-state index contributed by atoms with van der Waals surface area (Å²) >= 11 is 0. The van der Waals surface area contributed by atoms with Gasteiger partial charge in [-0.25, -0.2) is 9.97 Å². The van der Waals surface area contributed by atoms with E-state index in [0.717, 1.165) is 47.4 Å². The molecule has 7 heteroatoms. The Morgan fingerprint density at radius 1 is 1.00 bits per heavy atom. The SMILES string of the molecule is COc1ccc(-n2c(C)cc(C(=O)N3CCN(c4ncccn4)CC3)c2C)cc1. The van der Waals surface area contributed by atoms with Crippen LogP contribution in [0.5, 0.6) is 5.75 Å². The Bertz CT molecular complexity index is 990. The number of anilines is 1. The molecular weight excluding hydrogens is 366 g/mol. The van der Waals surface area contributed by atoms with Gasteiger partial charge < -0.3 is 19.1 Å². The lowest BCUT2D eigenvalue weighted by Crippen LogP contribution is -2.49. The van der Waals surface area contributed by atoms with Crippen LogP contribution >= 0.6 is 0 Å². The highest BCUT2D eigenvalue weighted by Gasteiger charge is 2.26. The topological polar surface area (TPSA) is 63.5 Å². The smallest absolute Gasteiger partial charge is 0.255 e. The number of hydrogen-bond donors (Lipinski definition) is 0. The van der Waals surface area contributed by atoms with Crippen molar-refractivity contribution in [2.75, 3.05) is 38.2 Å². The molecule has 4 rings (SSSR count). The van der Waals surface area contributed by atoms with Crippen LogP contribution in [0, 0.1) is 13.8 Å². The van der Waals surface area contributed by atoms with Gasteiger partial charge in [0.2, 0.25) is 5.95 Å². The second kappa shape index (κ2) is 7.95. The van der Waals surface area contributed by atoms with Crippen LogP contribution in [-0.4, -0.2) is 58.6 Å². The van der Waals surface area contributed by atoms with E-state index in [1.165, 1.54) is 0 Å². The molecule has 0 bridgehead atoms. The van der Waals surface area contributed by atoms with Crippen LogP contribution in [0.15, 0.2) is 48.8 Å². The van der Waals surface area contributed by atoms with Gasteiger partial charge in [-0.2, -0.15) is 0 Å². The highest BCUT2D eigenvalue weighted by Crippen LogP contribution is 2.24. The van der Waals surface area contributed by atoms with Crippen LogP contribution in [0.3, 0.4) is 0 Å². The molecule has 29 heavy (non-hydrogen) atoms. The van der Waals surface area contributed by atoms with Crippen LogP contribution < -0.4 is 9.64 Å². The predicted molar refractivity (Wildman–Crippen MR) is 112 cm³/mol. The van der Waals surface area contributed by atoms with Crippen molar-refractivity contribution in [3.8, 4) is 11.4 Å². The molecule has 1 aromatic carbocycles. The van der Waals surface area contributed by atoms with Crippen molar-refractivity contribution in [1.82, 2.24) is 19.4 Å².